The van der Waals surface area contributed by atoms with Crippen LogP contribution in [0.1, 0.15) is 33.0 Å². The highest BCUT2D eigenvalue weighted by Gasteiger charge is 2.28. The lowest BCUT2D eigenvalue weighted by molar-refractivity contribution is 0.0603. The van der Waals surface area contributed by atoms with Crippen molar-refractivity contribution >= 4 is 29.0 Å². The van der Waals surface area contributed by atoms with Crippen LogP contribution in [0.5, 0.6) is 0 Å². The molecule has 0 spiro atoms. The third kappa shape index (κ3) is 4.06. The quantitative estimate of drug-likeness (QED) is 0.378. The van der Waals surface area contributed by atoms with Crippen molar-refractivity contribution in [2.75, 3.05) is 20.3 Å². The summed E-state index contributed by atoms with van der Waals surface area (Å²) >= 11 is 0. The molecule has 1 aliphatic rings. The zero-order valence-electron chi connectivity index (χ0n) is 18.7. The monoisotopic (exact) mass is 452 g/mol. The summed E-state index contributed by atoms with van der Waals surface area (Å²) in [5.41, 5.74) is 7.02. The number of benzene rings is 3. The number of ether oxygens (including phenoxy) is 2. The van der Waals surface area contributed by atoms with Crippen LogP contribution in [0.15, 0.2) is 79.0 Å². The molecule has 0 saturated carbocycles. The number of aromatic nitrogens is 1. The number of carbonyl (C=O) groups excluding carboxylic acids is 2. The molecule has 0 fully saturated rings. The number of carbonyl (C=O) groups is 2. The number of esters is 1. The number of aromatic amines is 1. The molecule has 34 heavy (non-hydrogen) atoms. The minimum Gasteiger partial charge on any atom is -0.465 e. The van der Waals surface area contributed by atoms with E-state index in [1.165, 1.54) is 29.4 Å². The number of alkyl carbamates (subject to hydrolysis) is 1. The number of amides is 1. The van der Waals surface area contributed by atoms with E-state index >= 15 is 0 Å². The van der Waals surface area contributed by atoms with Crippen LogP contribution in [0.2, 0.25) is 0 Å². The number of methoxy groups -OCH3 is 1. The van der Waals surface area contributed by atoms with E-state index in [4.69, 9.17) is 9.47 Å². The summed E-state index contributed by atoms with van der Waals surface area (Å²) in [4.78, 5) is 27.3. The lowest BCUT2D eigenvalue weighted by atomic mass is 9.98. The summed E-state index contributed by atoms with van der Waals surface area (Å²) in [5, 5.41) is 3.56. The molecular formula is C28H24N2O4. The van der Waals surface area contributed by atoms with Gasteiger partial charge in [-0.25, -0.2) is 9.59 Å². The second kappa shape index (κ2) is 9.27. The van der Waals surface area contributed by atoms with Gasteiger partial charge >= 0.3 is 12.1 Å². The van der Waals surface area contributed by atoms with E-state index in [1.54, 1.807) is 6.20 Å². The van der Waals surface area contributed by atoms with Gasteiger partial charge in [0.05, 0.1) is 12.7 Å². The van der Waals surface area contributed by atoms with Crippen LogP contribution in [-0.2, 0) is 9.47 Å². The summed E-state index contributed by atoms with van der Waals surface area (Å²) in [6, 6.07) is 22.2. The molecule has 3 aromatic carbocycles. The maximum Gasteiger partial charge on any atom is 0.407 e. The third-order valence-corrected chi connectivity index (χ3v) is 6.13. The Bertz CT molecular complexity index is 1360. The van der Waals surface area contributed by atoms with Crippen LogP contribution in [0.4, 0.5) is 4.79 Å². The second-order valence-electron chi connectivity index (χ2n) is 8.11. The van der Waals surface area contributed by atoms with E-state index in [-0.39, 0.29) is 18.5 Å². The van der Waals surface area contributed by atoms with E-state index in [9.17, 15) is 9.59 Å². The first kappa shape index (κ1) is 21.5. The minimum absolute atomic E-state index is 0.0331. The second-order valence-corrected chi connectivity index (χ2v) is 8.11. The Kier molecular flexibility index (Phi) is 5.87. The predicted molar refractivity (Wildman–Crippen MR) is 132 cm³/mol. The zero-order valence-corrected chi connectivity index (χ0v) is 18.7. The van der Waals surface area contributed by atoms with Crippen LogP contribution < -0.4 is 5.32 Å². The highest BCUT2D eigenvalue weighted by molar-refractivity contribution is 6.04. The van der Waals surface area contributed by atoms with Gasteiger partial charge in [-0.3, -0.25) is 0 Å². The van der Waals surface area contributed by atoms with Crippen molar-refractivity contribution in [1.29, 1.82) is 0 Å². The molecule has 0 saturated heterocycles. The van der Waals surface area contributed by atoms with Gasteiger partial charge in [0.1, 0.15) is 6.61 Å². The molecule has 1 heterocycles. The number of hydrogen-bond donors (Lipinski definition) is 2. The summed E-state index contributed by atoms with van der Waals surface area (Å²) < 4.78 is 10.4. The molecule has 2 N–H and O–H groups in total. The van der Waals surface area contributed by atoms with Gasteiger partial charge in [0, 0.05) is 29.6 Å². The molecule has 0 atom stereocenters. The first-order valence-corrected chi connectivity index (χ1v) is 11.1. The van der Waals surface area contributed by atoms with Gasteiger partial charge in [0.15, 0.2) is 0 Å². The van der Waals surface area contributed by atoms with Crippen LogP contribution in [0.25, 0.3) is 28.1 Å². The Morgan fingerprint density at radius 2 is 1.71 bits per heavy atom. The summed E-state index contributed by atoms with van der Waals surface area (Å²) in [7, 11) is 1.36. The summed E-state index contributed by atoms with van der Waals surface area (Å²) in [5.74, 6) is -0.352. The number of nitrogens with one attached hydrogen (secondary N) is 2. The van der Waals surface area contributed by atoms with Crippen molar-refractivity contribution < 1.29 is 19.1 Å². The average molecular weight is 453 g/mol. The van der Waals surface area contributed by atoms with Crippen LogP contribution >= 0.6 is 0 Å². The standard InChI is InChI=1S/C28H24N2O4/c1-33-27(31)24-16-30-26-13-12-18(15-23(24)26)7-6-14-29-28(32)34-17-25-21-10-4-2-8-19(21)20-9-3-5-11-22(20)25/h2-13,15-16,25,30H,14,17H2,1H3,(H,29,32). The Morgan fingerprint density at radius 3 is 2.41 bits per heavy atom. The molecule has 170 valence electrons. The first-order chi connectivity index (χ1) is 16.7. The van der Waals surface area contributed by atoms with Crippen molar-refractivity contribution in [3.05, 3.63) is 101 Å². The van der Waals surface area contributed by atoms with Crippen LogP contribution in [-0.4, -0.2) is 37.3 Å². The summed E-state index contributed by atoms with van der Waals surface area (Å²) in [6.07, 6.45) is 4.91. The topological polar surface area (TPSA) is 80.4 Å². The van der Waals surface area contributed by atoms with Gasteiger partial charge in [-0.05, 0) is 39.9 Å². The molecule has 1 aromatic heterocycles. The lowest BCUT2D eigenvalue weighted by Crippen LogP contribution is -2.26. The number of fused-ring (bicyclic) bond motifs is 4. The van der Waals surface area contributed by atoms with Gasteiger partial charge in [-0.15, -0.1) is 0 Å². The van der Waals surface area contributed by atoms with Gasteiger partial charge in [0.25, 0.3) is 0 Å². The molecule has 6 nitrogen and oxygen atoms in total. The molecule has 0 radical (unpaired) electrons. The minimum atomic E-state index is -0.458. The molecular weight excluding hydrogens is 428 g/mol. The highest BCUT2D eigenvalue weighted by atomic mass is 16.5. The van der Waals surface area contributed by atoms with Crippen LogP contribution in [0.3, 0.4) is 0 Å². The van der Waals surface area contributed by atoms with Crippen molar-refractivity contribution in [1.82, 2.24) is 10.3 Å². The fourth-order valence-electron chi connectivity index (χ4n) is 4.51. The van der Waals surface area contributed by atoms with E-state index < -0.39 is 6.09 Å². The van der Waals surface area contributed by atoms with Crippen molar-refractivity contribution in [3.8, 4) is 11.1 Å². The largest absolute Gasteiger partial charge is 0.465 e. The fraction of sp³-hybridized carbons (Fsp3) is 0.143. The number of hydrogen-bond acceptors (Lipinski definition) is 4. The van der Waals surface area contributed by atoms with Gasteiger partial charge < -0.3 is 19.8 Å². The molecule has 4 aromatic rings. The van der Waals surface area contributed by atoms with E-state index in [0.717, 1.165) is 16.5 Å². The van der Waals surface area contributed by atoms with E-state index in [0.29, 0.717) is 12.1 Å². The highest BCUT2D eigenvalue weighted by Crippen LogP contribution is 2.44. The van der Waals surface area contributed by atoms with Crippen molar-refractivity contribution in [2.45, 2.75) is 5.92 Å². The molecule has 0 unspecified atom stereocenters. The van der Waals surface area contributed by atoms with E-state index in [1.807, 2.05) is 54.6 Å². The molecule has 1 aliphatic carbocycles. The Hall–Kier alpha value is -4.32. The normalized spacial score (nSPS) is 12.5. The summed E-state index contributed by atoms with van der Waals surface area (Å²) in [6.45, 7) is 0.607. The maximum absolute atomic E-state index is 12.3. The molecule has 0 aliphatic heterocycles. The van der Waals surface area contributed by atoms with Gasteiger partial charge in [-0.2, -0.15) is 0 Å². The number of rotatable bonds is 6. The SMILES string of the molecule is COC(=O)c1c[nH]c2ccc(C=CCNC(=O)OCC3c4ccccc4-c4ccccc43)cc12. The first-order valence-electron chi connectivity index (χ1n) is 11.1. The molecule has 6 heteroatoms. The van der Waals surface area contributed by atoms with Crippen molar-refractivity contribution in [3.63, 3.8) is 0 Å². The van der Waals surface area contributed by atoms with Crippen LogP contribution in [0, 0.1) is 0 Å². The molecule has 0 bridgehead atoms. The molecule has 5 rings (SSSR count). The van der Waals surface area contributed by atoms with E-state index in [2.05, 4.69) is 34.6 Å². The Labute approximate surface area is 197 Å². The number of H-pyrrole nitrogens is 1. The Balaban J connectivity index is 1.18. The van der Waals surface area contributed by atoms with Crippen molar-refractivity contribution in [2.24, 2.45) is 0 Å². The predicted octanol–water partition coefficient (Wildman–Crippen LogP) is 5.51. The van der Waals surface area contributed by atoms with Gasteiger partial charge in [-0.1, -0.05) is 66.7 Å². The average Bonchev–Trinajstić information content (AvgIpc) is 3.44. The van der Waals surface area contributed by atoms with Gasteiger partial charge in [0.2, 0.25) is 0 Å². The fourth-order valence-corrected chi connectivity index (χ4v) is 4.51. The third-order valence-electron chi connectivity index (χ3n) is 6.13. The lowest BCUT2D eigenvalue weighted by Gasteiger charge is -2.14. The Morgan fingerprint density at radius 1 is 1.00 bits per heavy atom. The smallest absolute Gasteiger partial charge is 0.407 e. The molecule has 1 amide bonds. The zero-order chi connectivity index (χ0) is 23.5. The maximum atomic E-state index is 12.3.